The average Bonchev–Trinajstić information content (AvgIpc) is 2.34. The lowest BCUT2D eigenvalue weighted by atomic mass is 10.3. The summed E-state index contributed by atoms with van der Waals surface area (Å²) < 4.78 is 0. The number of nitrogens with one attached hydrogen (secondary N) is 1. The van der Waals surface area contributed by atoms with Gasteiger partial charge in [0.05, 0.1) is 5.84 Å². The molecule has 1 rings (SSSR count). The van der Waals surface area contributed by atoms with Crippen molar-refractivity contribution in [1.29, 1.82) is 5.41 Å². The lowest BCUT2D eigenvalue weighted by Crippen LogP contribution is -2.29. The third-order valence-electron chi connectivity index (χ3n) is 2.56. The number of thioether (sulfide) groups is 1. The minimum absolute atomic E-state index is 0.277. The predicted molar refractivity (Wildman–Crippen MR) is 75.8 cm³/mol. The van der Waals surface area contributed by atoms with Crippen LogP contribution in [0.3, 0.4) is 0 Å². The first-order valence-corrected chi connectivity index (χ1v) is 6.94. The molecule has 3 N–H and O–H groups in total. The molecule has 1 aromatic carbocycles. The third-order valence-corrected chi connectivity index (χ3v) is 3.56. The van der Waals surface area contributed by atoms with Crippen LogP contribution in [0.2, 0.25) is 0 Å². The molecule has 1 aromatic rings. The summed E-state index contributed by atoms with van der Waals surface area (Å²) in [6.45, 7) is 5.10. The zero-order valence-corrected chi connectivity index (χ0v) is 11.2. The molecule has 0 aromatic heterocycles. The predicted octanol–water partition coefficient (Wildman–Crippen LogP) is 2.43. The van der Waals surface area contributed by atoms with Gasteiger partial charge in [-0.25, -0.2) is 0 Å². The van der Waals surface area contributed by atoms with E-state index in [4.69, 9.17) is 11.1 Å². The Morgan fingerprint density at radius 3 is 2.59 bits per heavy atom. The topological polar surface area (TPSA) is 53.1 Å². The van der Waals surface area contributed by atoms with Crippen LogP contribution in [0, 0.1) is 5.41 Å². The van der Waals surface area contributed by atoms with Gasteiger partial charge in [0.2, 0.25) is 0 Å². The summed E-state index contributed by atoms with van der Waals surface area (Å²) in [5, 5.41) is 7.22. The minimum Gasteiger partial charge on any atom is -0.388 e. The molecule has 0 heterocycles. The maximum atomic E-state index is 7.22. The summed E-state index contributed by atoms with van der Waals surface area (Å²) in [6.07, 6.45) is 0.670. The van der Waals surface area contributed by atoms with E-state index in [1.54, 1.807) is 0 Å². The number of hydrogen-bond acceptors (Lipinski definition) is 3. The monoisotopic (exact) mass is 251 g/mol. The second kappa shape index (κ2) is 8.14. The van der Waals surface area contributed by atoms with Crippen molar-refractivity contribution in [3.8, 4) is 0 Å². The molecule has 0 unspecified atom stereocenters. The Morgan fingerprint density at radius 1 is 1.29 bits per heavy atom. The second-order valence-corrected chi connectivity index (χ2v) is 5.04. The average molecular weight is 251 g/mol. The smallest absolute Gasteiger partial charge is 0.0918 e. The molecule has 0 aliphatic heterocycles. The van der Waals surface area contributed by atoms with E-state index >= 15 is 0 Å². The molecule has 0 atom stereocenters. The summed E-state index contributed by atoms with van der Waals surface area (Å²) in [4.78, 5) is 3.65. The van der Waals surface area contributed by atoms with Crippen molar-refractivity contribution in [3.63, 3.8) is 0 Å². The number of hydrogen-bond donors (Lipinski definition) is 2. The molecular formula is C13H21N3S. The van der Waals surface area contributed by atoms with Gasteiger partial charge in [-0.2, -0.15) is 0 Å². The number of nitrogens with two attached hydrogens (primary N) is 1. The molecule has 3 nitrogen and oxygen atoms in total. The van der Waals surface area contributed by atoms with Gasteiger partial charge in [0, 0.05) is 30.2 Å². The van der Waals surface area contributed by atoms with Crippen LogP contribution in [0.5, 0.6) is 0 Å². The fourth-order valence-corrected chi connectivity index (χ4v) is 2.45. The van der Waals surface area contributed by atoms with Gasteiger partial charge in [0.15, 0.2) is 0 Å². The number of rotatable bonds is 8. The van der Waals surface area contributed by atoms with Crippen molar-refractivity contribution in [2.45, 2.75) is 18.2 Å². The van der Waals surface area contributed by atoms with E-state index in [-0.39, 0.29) is 5.84 Å². The quantitative estimate of drug-likeness (QED) is 0.424. The Morgan fingerprint density at radius 2 is 2.00 bits per heavy atom. The van der Waals surface area contributed by atoms with Gasteiger partial charge in [0.25, 0.3) is 0 Å². The van der Waals surface area contributed by atoms with Gasteiger partial charge in [0.1, 0.15) is 0 Å². The van der Waals surface area contributed by atoms with Crippen LogP contribution in [0.25, 0.3) is 0 Å². The molecule has 0 bridgehead atoms. The van der Waals surface area contributed by atoms with Crippen molar-refractivity contribution in [1.82, 2.24) is 4.90 Å². The minimum atomic E-state index is 0.277. The Bertz CT molecular complexity index is 327. The van der Waals surface area contributed by atoms with E-state index in [2.05, 4.69) is 36.1 Å². The molecule has 0 saturated carbocycles. The molecule has 0 amide bonds. The molecule has 94 valence electrons. The first-order valence-electron chi connectivity index (χ1n) is 5.95. The van der Waals surface area contributed by atoms with E-state index in [1.165, 1.54) is 4.90 Å². The number of nitrogens with zero attached hydrogens (tertiary/aromatic N) is 1. The third kappa shape index (κ3) is 6.34. The molecule has 0 radical (unpaired) electrons. The Labute approximate surface area is 108 Å². The van der Waals surface area contributed by atoms with Gasteiger partial charge in [-0.1, -0.05) is 25.1 Å². The summed E-state index contributed by atoms with van der Waals surface area (Å²) in [6, 6.07) is 10.4. The van der Waals surface area contributed by atoms with Crippen LogP contribution in [0.1, 0.15) is 13.3 Å². The van der Waals surface area contributed by atoms with Crippen LogP contribution in [0.15, 0.2) is 35.2 Å². The maximum Gasteiger partial charge on any atom is 0.0918 e. The first kappa shape index (κ1) is 14.1. The molecule has 0 saturated heterocycles. The Balaban J connectivity index is 2.21. The van der Waals surface area contributed by atoms with E-state index in [0.717, 1.165) is 25.4 Å². The molecule has 17 heavy (non-hydrogen) atoms. The molecule has 0 aliphatic rings. The van der Waals surface area contributed by atoms with Gasteiger partial charge in [-0.3, -0.25) is 5.41 Å². The van der Waals surface area contributed by atoms with E-state index < -0.39 is 0 Å². The van der Waals surface area contributed by atoms with Crippen LogP contribution >= 0.6 is 11.8 Å². The highest BCUT2D eigenvalue weighted by atomic mass is 32.2. The van der Waals surface area contributed by atoms with Gasteiger partial charge >= 0.3 is 0 Å². The fraction of sp³-hybridized carbons (Fsp3) is 0.462. The van der Waals surface area contributed by atoms with Crippen LogP contribution in [-0.2, 0) is 0 Å². The van der Waals surface area contributed by atoms with Crippen molar-refractivity contribution in [2.75, 3.05) is 25.4 Å². The lowest BCUT2D eigenvalue weighted by Gasteiger charge is -2.19. The van der Waals surface area contributed by atoms with Crippen molar-refractivity contribution < 1.29 is 0 Å². The van der Waals surface area contributed by atoms with Crippen LogP contribution < -0.4 is 5.73 Å². The van der Waals surface area contributed by atoms with Crippen LogP contribution in [0.4, 0.5) is 0 Å². The van der Waals surface area contributed by atoms with Crippen molar-refractivity contribution in [3.05, 3.63) is 30.3 Å². The normalized spacial score (nSPS) is 10.7. The standard InChI is InChI=1S/C13H21N3S/c1-2-16(9-8-13(14)15)10-11-17-12-6-4-3-5-7-12/h3-7H,2,8-11H2,1H3,(H3,14,15). The van der Waals surface area contributed by atoms with Crippen molar-refractivity contribution >= 4 is 17.6 Å². The SMILES string of the molecule is CCN(CCSc1ccccc1)CCC(=N)N. The molecule has 0 fully saturated rings. The van der Waals surface area contributed by atoms with Gasteiger partial charge in [-0.15, -0.1) is 11.8 Å². The van der Waals surface area contributed by atoms with Gasteiger partial charge < -0.3 is 10.6 Å². The number of benzene rings is 1. The molecule has 0 aliphatic carbocycles. The molecule has 4 heteroatoms. The lowest BCUT2D eigenvalue weighted by molar-refractivity contribution is 0.315. The summed E-state index contributed by atoms with van der Waals surface area (Å²) in [5.41, 5.74) is 5.37. The van der Waals surface area contributed by atoms with Gasteiger partial charge in [-0.05, 0) is 18.7 Å². The van der Waals surface area contributed by atoms with Crippen molar-refractivity contribution in [2.24, 2.45) is 5.73 Å². The molecule has 0 spiro atoms. The Kier molecular flexibility index (Phi) is 6.74. The first-order chi connectivity index (χ1) is 8.22. The maximum absolute atomic E-state index is 7.22. The van der Waals surface area contributed by atoms with Crippen LogP contribution in [-0.4, -0.2) is 36.1 Å². The molecular weight excluding hydrogens is 230 g/mol. The van der Waals surface area contributed by atoms with E-state index in [9.17, 15) is 0 Å². The Hall–Kier alpha value is -1.00. The number of amidine groups is 1. The highest BCUT2D eigenvalue weighted by molar-refractivity contribution is 7.99. The van der Waals surface area contributed by atoms with E-state index in [1.807, 2.05) is 17.8 Å². The zero-order chi connectivity index (χ0) is 12.5. The second-order valence-electron chi connectivity index (χ2n) is 3.87. The highest BCUT2D eigenvalue weighted by Gasteiger charge is 2.03. The summed E-state index contributed by atoms with van der Waals surface area (Å²) in [5.74, 6) is 1.36. The van der Waals surface area contributed by atoms with E-state index in [0.29, 0.717) is 6.42 Å². The zero-order valence-electron chi connectivity index (χ0n) is 10.4. The largest absolute Gasteiger partial charge is 0.388 e. The highest BCUT2D eigenvalue weighted by Crippen LogP contribution is 2.16. The summed E-state index contributed by atoms with van der Waals surface area (Å²) in [7, 11) is 0. The fourth-order valence-electron chi connectivity index (χ4n) is 1.52. The summed E-state index contributed by atoms with van der Waals surface area (Å²) >= 11 is 1.87.